The maximum atomic E-state index is 12.7. The molecule has 0 unspecified atom stereocenters. The molecule has 0 spiro atoms. The number of hydrogen-bond donors (Lipinski definition) is 2. The third-order valence-corrected chi connectivity index (χ3v) is 6.95. The van der Waals surface area contributed by atoms with E-state index in [-0.39, 0.29) is 16.7 Å². The molecular weight excluding hydrogens is 396 g/mol. The molecule has 1 saturated heterocycles. The summed E-state index contributed by atoms with van der Waals surface area (Å²) in [7, 11) is -3.82. The van der Waals surface area contributed by atoms with Crippen LogP contribution in [-0.2, 0) is 21.4 Å². The van der Waals surface area contributed by atoms with Gasteiger partial charge in [0.15, 0.2) is 0 Å². The van der Waals surface area contributed by atoms with Crippen molar-refractivity contribution in [3.05, 3.63) is 39.3 Å². The highest BCUT2D eigenvalue weighted by molar-refractivity contribution is 7.89. The lowest BCUT2D eigenvalue weighted by molar-refractivity contribution is -0.121. The topological polar surface area (TPSA) is 105 Å². The Hall–Kier alpha value is -1.81. The van der Waals surface area contributed by atoms with E-state index in [1.54, 1.807) is 18.3 Å². The molecule has 3 rings (SSSR count). The van der Waals surface area contributed by atoms with Crippen LogP contribution in [0.25, 0.3) is 0 Å². The van der Waals surface area contributed by atoms with Crippen molar-refractivity contribution in [1.29, 1.82) is 0 Å². The number of aryl methyl sites for hydroxylation is 2. The zero-order valence-corrected chi connectivity index (χ0v) is 18.0. The molecule has 1 fully saturated rings. The third kappa shape index (κ3) is 4.96. The monoisotopic (exact) mass is 422 g/mol. The fourth-order valence-corrected chi connectivity index (χ4v) is 4.65. The molecule has 2 heterocycles. The SMILES string of the molecule is Cc1nc(CN2CCC(C(=O)Nc3cc(S(N)(=O)=O)cc(C)c3C)CC2)cs1. The van der Waals surface area contributed by atoms with E-state index in [4.69, 9.17) is 5.14 Å². The average Bonchev–Trinajstić information content (AvgIpc) is 3.03. The highest BCUT2D eigenvalue weighted by Crippen LogP contribution is 2.26. The standard InChI is InChI=1S/C19H26N4O3S2/c1-12-8-17(28(20,25)26)9-18(13(12)2)22-19(24)15-4-6-23(7-5-15)10-16-11-27-14(3)21-16/h8-9,11,15H,4-7,10H2,1-3H3,(H,22,24)(H2,20,25,26). The normalized spacial score (nSPS) is 16.3. The van der Waals surface area contributed by atoms with Gasteiger partial charge in [0.2, 0.25) is 15.9 Å². The van der Waals surface area contributed by atoms with Crippen molar-refractivity contribution in [3.8, 4) is 0 Å². The first-order valence-corrected chi connectivity index (χ1v) is 11.6. The summed E-state index contributed by atoms with van der Waals surface area (Å²) in [6.45, 7) is 8.15. The van der Waals surface area contributed by atoms with Gasteiger partial charge in [-0.25, -0.2) is 18.5 Å². The van der Waals surface area contributed by atoms with Crippen LogP contribution in [0.2, 0.25) is 0 Å². The molecule has 1 amide bonds. The van der Waals surface area contributed by atoms with Gasteiger partial charge in [-0.05, 0) is 70.0 Å². The molecule has 152 valence electrons. The van der Waals surface area contributed by atoms with E-state index in [1.807, 2.05) is 13.8 Å². The number of carbonyl (C=O) groups is 1. The van der Waals surface area contributed by atoms with E-state index in [0.29, 0.717) is 5.69 Å². The predicted molar refractivity (Wildman–Crippen MR) is 111 cm³/mol. The maximum Gasteiger partial charge on any atom is 0.238 e. The van der Waals surface area contributed by atoms with Crippen LogP contribution < -0.4 is 10.5 Å². The number of piperidine rings is 1. The minimum absolute atomic E-state index is 0.0132. The number of aromatic nitrogens is 1. The van der Waals surface area contributed by atoms with Crippen molar-refractivity contribution >= 4 is 33.0 Å². The van der Waals surface area contributed by atoms with Crippen LogP contribution >= 0.6 is 11.3 Å². The van der Waals surface area contributed by atoms with Crippen molar-refractivity contribution in [1.82, 2.24) is 9.88 Å². The second-order valence-electron chi connectivity index (χ2n) is 7.36. The number of hydrogen-bond acceptors (Lipinski definition) is 6. The molecule has 0 radical (unpaired) electrons. The summed E-state index contributed by atoms with van der Waals surface area (Å²) in [5, 5.41) is 11.3. The van der Waals surface area contributed by atoms with Gasteiger partial charge in [0.25, 0.3) is 0 Å². The zero-order chi connectivity index (χ0) is 20.5. The second kappa shape index (κ2) is 8.28. The Labute approximate surface area is 170 Å². The quantitative estimate of drug-likeness (QED) is 0.770. The minimum atomic E-state index is -3.82. The fourth-order valence-electron chi connectivity index (χ4n) is 3.42. The number of nitrogens with one attached hydrogen (secondary N) is 1. The molecule has 0 aliphatic carbocycles. The van der Waals surface area contributed by atoms with Crippen LogP contribution in [0.1, 0.15) is 34.7 Å². The molecule has 28 heavy (non-hydrogen) atoms. The number of carbonyl (C=O) groups excluding carboxylic acids is 1. The number of anilines is 1. The molecule has 1 aromatic heterocycles. The molecule has 1 aliphatic rings. The average molecular weight is 423 g/mol. The zero-order valence-electron chi connectivity index (χ0n) is 16.4. The van der Waals surface area contributed by atoms with E-state index in [0.717, 1.165) is 54.3 Å². The van der Waals surface area contributed by atoms with E-state index in [2.05, 4.69) is 20.6 Å². The number of nitrogens with two attached hydrogens (primary N) is 1. The highest BCUT2D eigenvalue weighted by atomic mass is 32.2. The minimum Gasteiger partial charge on any atom is -0.326 e. The number of benzene rings is 1. The summed E-state index contributed by atoms with van der Waals surface area (Å²) < 4.78 is 23.4. The van der Waals surface area contributed by atoms with Crippen LogP contribution in [0.5, 0.6) is 0 Å². The molecule has 0 atom stereocenters. The number of thiazole rings is 1. The van der Waals surface area contributed by atoms with Crippen LogP contribution in [0.4, 0.5) is 5.69 Å². The Kier molecular flexibility index (Phi) is 6.18. The van der Waals surface area contributed by atoms with Gasteiger partial charge >= 0.3 is 0 Å². The summed E-state index contributed by atoms with van der Waals surface area (Å²) in [4.78, 5) is 19.6. The van der Waals surface area contributed by atoms with Crippen molar-refractivity contribution < 1.29 is 13.2 Å². The number of rotatable bonds is 5. The Bertz CT molecular complexity index is 977. The third-order valence-electron chi connectivity index (χ3n) is 5.24. The first kappa shape index (κ1) is 20.9. The number of sulfonamides is 1. The smallest absolute Gasteiger partial charge is 0.238 e. The van der Waals surface area contributed by atoms with Crippen molar-refractivity contribution in [2.24, 2.45) is 11.1 Å². The van der Waals surface area contributed by atoms with Gasteiger partial charge in [-0.3, -0.25) is 9.69 Å². The largest absolute Gasteiger partial charge is 0.326 e. The summed E-state index contributed by atoms with van der Waals surface area (Å²) in [6.07, 6.45) is 1.53. The number of primary sulfonamides is 1. The molecule has 2 aromatic rings. The van der Waals surface area contributed by atoms with Crippen LogP contribution in [-0.4, -0.2) is 37.3 Å². The van der Waals surface area contributed by atoms with Gasteiger partial charge in [-0.2, -0.15) is 0 Å². The lowest BCUT2D eigenvalue weighted by atomic mass is 9.95. The van der Waals surface area contributed by atoms with Gasteiger partial charge in [-0.15, -0.1) is 11.3 Å². The van der Waals surface area contributed by atoms with Gasteiger partial charge in [-0.1, -0.05) is 0 Å². The molecule has 7 nitrogen and oxygen atoms in total. The fraction of sp³-hybridized carbons (Fsp3) is 0.474. The molecule has 0 saturated carbocycles. The number of likely N-dealkylation sites (tertiary alicyclic amines) is 1. The lowest BCUT2D eigenvalue weighted by Gasteiger charge is -2.31. The first-order chi connectivity index (χ1) is 13.1. The van der Waals surface area contributed by atoms with Crippen molar-refractivity contribution in [2.75, 3.05) is 18.4 Å². The molecular formula is C19H26N4O3S2. The second-order valence-corrected chi connectivity index (χ2v) is 9.98. The van der Waals surface area contributed by atoms with Crippen molar-refractivity contribution in [2.45, 2.75) is 45.1 Å². The Morgan fingerprint density at radius 1 is 1.29 bits per heavy atom. The van der Waals surface area contributed by atoms with Gasteiger partial charge in [0.05, 0.1) is 15.6 Å². The van der Waals surface area contributed by atoms with Gasteiger partial charge in [0, 0.05) is 23.5 Å². The molecule has 3 N–H and O–H groups in total. The predicted octanol–water partition coefficient (Wildman–Crippen LogP) is 2.57. The van der Waals surface area contributed by atoms with Crippen LogP contribution in [0.3, 0.4) is 0 Å². The Morgan fingerprint density at radius 2 is 1.96 bits per heavy atom. The molecule has 0 bridgehead atoms. The van der Waals surface area contributed by atoms with Crippen molar-refractivity contribution in [3.63, 3.8) is 0 Å². The first-order valence-electron chi connectivity index (χ1n) is 9.22. The highest BCUT2D eigenvalue weighted by Gasteiger charge is 2.26. The van der Waals surface area contributed by atoms with Crippen LogP contribution in [0.15, 0.2) is 22.4 Å². The number of nitrogens with zero attached hydrogens (tertiary/aromatic N) is 2. The van der Waals surface area contributed by atoms with E-state index in [9.17, 15) is 13.2 Å². The Balaban J connectivity index is 1.62. The maximum absolute atomic E-state index is 12.7. The summed E-state index contributed by atoms with van der Waals surface area (Å²) in [5.74, 6) is -0.163. The Morgan fingerprint density at radius 3 is 2.54 bits per heavy atom. The number of amides is 1. The molecule has 1 aliphatic heterocycles. The van der Waals surface area contributed by atoms with Crippen LogP contribution in [0, 0.1) is 26.7 Å². The van der Waals surface area contributed by atoms with E-state index >= 15 is 0 Å². The summed E-state index contributed by atoms with van der Waals surface area (Å²) in [5.41, 5.74) is 3.21. The summed E-state index contributed by atoms with van der Waals surface area (Å²) in [6, 6.07) is 2.97. The van der Waals surface area contributed by atoms with Gasteiger partial charge < -0.3 is 5.32 Å². The lowest BCUT2D eigenvalue weighted by Crippen LogP contribution is -2.38. The van der Waals surface area contributed by atoms with E-state index < -0.39 is 10.0 Å². The molecule has 9 heteroatoms. The molecule has 1 aromatic carbocycles. The summed E-state index contributed by atoms with van der Waals surface area (Å²) >= 11 is 1.65. The van der Waals surface area contributed by atoms with E-state index in [1.165, 1.54) is 12.1 Å². The van der Waals surface area contributed by atoms with Gasteiger partial charge in [0.1, 0.15) is 0 Å².